The van der Waals surface area contributed by atoms with E-state index in [4.69, 9.17) is 0 Å². The Morgan fingerprint density at radius 2 is 1.54 bits per heavy atom. The first-order chi connectivity index (χ1) is 17.2. The van der Waals surface area contributed by atoms with Crippen molar-refractivity contribution in [3.05, 3.63) is 70.4 Å². The molecule has 2 aliphatic heterocycles. The fourth-order valence-electron chi connectivity index (χ4n) is 6.19. The number of aromatic nitrogens is 1. The van der Waals surface area contributed by atoms with Gasteiger partial charge in [-0.3, -0.25) is 9.69 Å². The molecular weight excluding hydrogens is 499 g/mol. The van der Waals surface area contributed by atoms with Crippen LogP contribution in [0.2, 0.25) is 0 Å². The number of H-pyrrole nitrogens is 1. The number of hydrogen-bond acceptors (Lipinski definition) is 2. The van der Waals surface area contributed by atoms with E-state index >= 15 is 0 Å². The zero-order valence-corrected chi connectivity index (χ0v) is 22.2. The number of para-hydroxylation sites is 1. The SMILES string of the molecule is Cc1cccc(C)c1C1CCN(Cc2c(C(=O)N3CCC(C(F)(F)F)CC3)[nH]c3ccccc23)CC1.Cl. The van der Waals surface area contributed by atoms with Gasteiger partial charge in [0.25, 0.3) is 5.91 Å². The quantitative estimate of drug-likeness (QED) is 0.392. The molecule has 1 N–H and O–H groups in total. The maximum Gasteiger partial charge on any atom is 0.391 e. The van der Waals surface area contributed by atoms with Gasteiger partial charge in [-0.1, -0.05) is 36.4 Å². The number of carbonyl (C=O) groups excluding carboxylic acids is 1. The summed E-state index contributed by atoms with van der Waals surface area (Å²) in [7, 11) is 0. The van der Waals surface area contributed by atoms with Gasteiger partial charge >= 0.3 is 6.18 Å². The van der Waals surface area contributed by atoms with Crippen LogP contribution < -0.4 is 0 Å². The first kappa shape index (κ1) is 27.5. The van der Waals surface area contributed by atoms with Crippen molar-refractivity contribution in [1.29, 1.82) is 0 Å². The summed E-state index contributed by atoms with van der Waals surface area (Å²) < 4.78 is 39.4. The molecule has 8 heteroatoms. The predicted molar refractivity (Wildman–Crippen MR) is 143 cm³/mol. The van der Waals surface area contributed by atoms with E-state index in [0.717, 1.165) is 42.4 Å². The maximum absolute atomic E-state index is 13.5. The van der Waals surface area contributed by atoms with Crippen LogP contribution in [0.4, 0.5) is 13.2 Å². The molecule has 0 unspecified atom stereocenters. The van der Waals surface area contributed by atoms with E-state index in [9.17, 15) is 18.0 Å². The van der Waals surface area contributed by atoms with Gasteiger partial charge in [-0.25, -0.2) is 0 Å². The van der Waals surface area contributed by atoms with Crippen LogP contribution >= 0.6 is 12.4 Å². The van der Waals surface area contributed by atoms with Crippen LogP contribution in [-0.4, -0.2) is 53.0 Å². The zero-order chi connectivity index (χ0) is 25.4. The Balaban J connectivity index is 0.00000320. The van der Waals surface area contributed by atoms with Gasteiger partial charge < -0.3 is 9.88 Å². The van der Waals surface area contributed by atoms with Crippen LogP contribution in [0, 0.1) is 19.8 Å². The molecular formula is C29H35ClF3N3O. The summed E-state index contributed by atoms with van der Waals surface area (Å²) in [6.45, 7) is 7.21. The Morgan fingerprint density at radius 3 is 2.16 bits per heavy atom. The highest BCUT2D eigenvalue weighted by Crippen LogP contribution is 2.36. The van der Waals surface area contributed by atoms with Crippen LogP contribution in [0.25, 0.3) is 10.9 Å². The van der Waals surface area contributed by atoms with E-state index < -0.39 is 12.1 Å². The number of nitrogens with one attached hydrogen (secondary N) is 1. The lowest BCUT2D eigenvalue weighted by atomic mass is 9.84. The van der Waals surface area contributed by atoms with E-state index in [1.165, 1.54) is 16.7 Å². The predicted octanol–water partition coefficient (Wildman–Crippen LogP) is 7.00. The molecule has 2 aromatic carbocycles. The van der Waals surface area contributed by atoms with Crippen molar-refractivity contribution in [1.82, 2.24) is 14.8 Å². The van der Waals surface area contributed by atoms with Gasteiger partial charge in [0, 0.05) is 36.1 Å². The van der Waals surface area contributed by atoms with Crippen molar-refractivity contribution in [2.45, 2.75) is 58.2 Å². The number of fused-ring (bicyclic) bond motifs is 1. The number of alkyl halides is 3. The molecule has 37 heavy (non-hydrogen) atoms. The Hall–Kier alpha value is -2.51. The fourth-order valence-corrected chi connectivity index (χ4v) is 6.19. The first-order valence-electron chi connectivity index (χ1n) is 13.0. The molecule has 0 radical (unpaired) electrons. The number of likely N-dealkylation sites (tertiary alicyclic amines) is 2. The molecule has 0 spiro atoms. The van der Waals surface area contributed by atoms with Crippen molar-refractivity contribution < 1.29 is 18.0 Å². The van der Waals surface area contributed by atoms with Crippen LogP contribution in [-0.2, 0) is 6.54 Å². The summed E-state index contributed by atoms with van der Waals surface area (Å²) in [6.07, 6.45) is -2.11. The van der Waals surface area contributed by atoms with Crippen molar-refractivity contribution in [3.8, 4) is 0 Å². The minimum absolute atomic E-state index is 0. The van der Waals surface area contributed by atoms with Gasteiger partial charge in [0.15, 0.2) is 0 Å². The highest BCUT2D eigenvalue weighted by molar-refractivity contribution is 6.01. The van der Waals surface area contributed by atoms with E-state index in [0.29, 0.717) is 18.2 Å². The second kappa shape index (κ2) is 11.1. The number of halogens is 4. The molecule has 0 atom stereocenters. The van der Waals surface area contributed by atoms with Gasteiger partial charge in [0.1, 0.15) is 5.69 Å². The Bertz CT molecular complexity index is 1220. The molecule has 4 nitrogen and oxygen atoms in total. The second-order valence-electron chi connectivity index (χ2n) is 10.5. The lowest BCUT2D eigenvalue weighted by Gasteiger charge is -2.34. The third kappa shape index (κ3) is 5.68. The zero-order valence-electron chi connectivity index (χ0n) is 21.4. The number of amides is 1. The number of aromatic amines is 1. The largest absolute Gasteiger partial charge is 0.391 e. The first-order valence-corrected chi connectivity index (χ1v) is 13.0. The van der Waals surface area contributed by atoms with Crippen molar-refractivity contribution in [3.63, 3.8) is 0 Å². The Morgan fingerprint density at radius 1 is 0.919 bits per heavy atom. The summed E-state index contributed by atoms with van der Waals surface area (Å²) in [5, 5.41) is 1.02. The summed E-state index contributed by atoms with van der Waals surface area (Å²) >= 11 is 0. The van der Waals surface area contributed by atoms with E-state index in [1.807, 2.05) is 24.3 Å². The van der Waals surface area contributed by atoms with Crippen LogP contribution in [0.3, 0.4) is 0 Å². The number of hydrogen-bond donors (Lipinski definition) is 1. The highest BCUT2D eigenvalue weighted by atomic mass is 35.5. The molecule has 200 valence electrons. The standard InChI is InChI=1S/C29H34F3N3O.ClH/c1-19-6-5-7-20(2)26(19)21-10-14-34(15-11-21)18-24-23-8-3-4-9-25(23)33-27(24)28(36)35-16-12-22(13-17-35)29(30,31)32;/h3-9,21-22,33H,10-18H2,1-2H3;1H. The number of benzene rings is 2. The molecule has 5 rings (SSSR count). The maximum atomic E-state index is 13.5. The number of nitrogens with zero attached hydrogens (tertiary/aromatic N) is 2. The molecule has 0 bridgehead atoms. The number of rotatable bonds is 4. The van der Waals surface area contributed by atoms with Crippen molar-refractivity contribution in [2.24, 2.45) is 5.92 Å². The molecule has 3 heterocycles. The molecule has 2 aliphatic rings. The number of piperidine rings is 2. The average Bonchev–Trinajstić information content (AvgIpc) is 3.22. The smallest absolute Gasteiger partial charge is 0.350 e. The van der Waals surface area contributed by atoms with E-state index in [2.05, 4.69) is 41.9 Å². The molecule has 1 amide bonds. The fraction of sp³-hybridized carbons (Fsp3) is 0.483. The van der Waals surface area contributed by atoms with Crippen LogP contribution in [0.1, 0.15) is 64.3 Å². The molecule has 3 aromatic rings. The summed E-state index contributed by atoms with van der Waals surface area (Å²) in [5.74, 6) is -0.962. The number of aryl methyl sites for hydroxylation is 2. The molecule has 2 fully saturated rings. The van der Waals surface area contributed by atoms with Crippen LogP contribution in [0.15, 0.2) is 42.5 Å². The third-order valence-electron chi connectivity index (χ3n) is 8.19. The number of carbonyl (C=O) groups is 1. The Labute approximate surface area is 222 Å². The summed E-state index contributed by atoms with van der Waals surface area (Å²) in [6, 6.07) is 14.4. The molecule has 2 saturated heterocycles. The minimum atomic E-state index is -4.19. The van der Waals surface area contributed by atoms with Crippen molar-refractivity contribution >= 4 is 29.2 Å². The lowest BCUT2D eigenvalue weighted by Crippen LogP contribution is -2.42. The second-order valence-corrected chi connectivity index (χ2v) is 10.5. The van der Waals surface area contributed by atoms with Gasteiger partial charge in [-0.05, 0) is 81.3 Å². The normalized spacial score (nSPS) is 18.2. The lowest BCUT2D eigenvalue weighted by molar-refractivity contribution is -0.183. The Kier molecular flexibility index (Phi) is 8.24. The van der Waals surface area contributed by atoms with E-state index in [-0.39, 0.29) is 44.2 Å². The minimum Gasteiger partial charge on any atom is -0.350 e. The van der Waals surface area contributed by atoms with Gasteiger partial charge in [0.05, 0.1) is 5.92 Å². The molecule has 0 aliphatic carbocycles. The third-order valence-corrected chi connectivity index (χ3v) is 8.19. The van der Waals surface area contributed by atoms with Gasteiger partial charge in [-0.15, -0.1) is 12.4 Å². The summed E-state index contributed by atoms with van der Waals surface area (Å²) in [5.41, 5.74) is 6.56. The van der Waals surface area contributed by atoms with Crippen LogP contribution in [0.5, 0.6) is 0 Å². The topological polar surface area (TPSA) is 39.3 Å². The summed E-state index contributed by atoms with van der Waals surface area (Å²) in [4.78, 5) is 20.8. The van der Waals surface area contributed by atoms with Gasteiger partial charge in [0.2, 0.25) is 0 Å². The van der Waals surface area contributed by atoms with Gasteiger partial charge in [-0.2, -0.15) is 13.2 Å². The average molecular weight is 534 g/mol. The molecule has 0 saturated carbocycles. The monoisotopic (exact) mass is 533 g/mol. The van der Waals surface area contributed by atoms with E-state index in [1.54, 1.807) is 4.90 Å². The van der Waals surface area contributed by atoms with Crippen molar-refractivity contribution in [2.75, 3.05) is 26.2 Å². The molecule has 1 aromatic heterocycles. The highest BCUT2D eigenvalue weighted by Gasteiger charge is 2.42.